The third-order valence-electron chi connectivity index (χ3n) is 4.53. The van der Waals surface area contributed by atoms with Crippen LogP contribution >= 0.6 is 0 Å². The van der Waals surface area contributed by atoms with Crippen LogP contribution in [-0.4, -0.2) is 12.5 Å². The van der Waals surface area contributed by atoms with Crippen molar-refractivity contribution < 1.29 is 4.79 Å². The van der Waals surface area contributed by atoms with E-state index in [-0.39, 0.29) is 17.5 Å². The molecule has 0 aliphatic rings. The quantitative estimate of drug-likeness (QED) is 0.425. The number of benzene rings is 2. The fourth-order valence-electron chi connectivity index (χ4n) is 2.69. The van der Waals surface area contributed by atoms with Crippen molar-refractivity contribution in [1.29, 1.82) is 5.26 Å². The molecule has 1 atom stereocenters. The fourth-order valence-corrected chi connectivity index (χ4v) is 2.69. The van der Waals surface area contributed by atoms with Gasteiger partial charge in [-0.25, -0.2) is 0 Å². The summed E-state index contributed by atoms with van der Waals surface area (Å²) >= 11 is 0. The number of nitrogens with one attached hydrogen (secondary N) is 2. The summed E-state index contributed by atoms with van der Waals surface area (Å²) in [7, 11) is 0. The molecule has 2 aromatic carbocycles. The Morgan fingerprint density at radius 2 is 1.74 bits per heavy atom. The average molecular weight is 361 g/mol. The lowest BCUT2D eigenvalue weighted by atomic mass is 10.0. The first-order chi connectivity index (χ1) is 13.0. The van der Waals surface area contributed by atoms with Gasteiger partial charge >= 0.3 is 0 Å². The van der Waals surface area contributed by atoms with E-state index in [4.69, 9.17) is 0 Å². The largest absolute Gasteiger partial charge is 0.389 e. The van der Waals surface area contributed by atoms with Crippen molar-refractivity contribution in [2.75, 3.05) is 6.54 Å². The minimum Gasteiger partial charge on any atom is -0.389 e. The second-order valence-corrected chi connectivity index (χ2v) is 6.65. The van der Waals surface area contributed by atoms with Gasteiger partial charge in [0.2, 0.25) is 0 Å². The summed E-state index contributed by atoms with van der Waals surface area (Å²) in [5.74, 6) is -0.368. The lowest BCUT2D eigenvalue weighted by Crippen LogP contribution is -2.28. The third-order valence-corrected chi connectivity index (χ3v) is 4.53. The molecule has 0 aliphatic carbocycles. The molecule has 0 fully saturated rings. The molecule has 0 bridgehead atoms. The number of nitrogens with zero attached hydrogens (tertiary/aromatic N) is 1. The SMILES string of the molecule is CCc1ccc(C(C)NC(=O)/C(C#N)=C\NCCc2ccc(C)cc2)cc1. The van der Waals surface area contributed by atoms with Gasteiger partial charge in [-0.2, -0.15) is 5.26 Å². The Balaban J connectivity index is 1.87. The first kappa shape index (κ1) is 20.3. The fraction of sp³-hybridized carbons (Fsp3) is 0.304. The smallest absolute Gasteiger partial charge is 0.263 e. The minimum absolute atomic E-state index is 0.0796. The number of aryl methyl sites for hydroxylation is 2. The van der Waals surface area contributed by atoms with E-state index in [1.165, 1.54) is 22.9 Å². The molecule has 2 rings (SSSR count). The van der Waals surface area contributed by atoms with Crippen LogP contribution in [-0.2, 0) is 17.6 Å². The molecule has 4 nitrogen and oxygen atoms in total. The van der Waals surface area contributed by atoms with E-state index in [1.54, 1.807) is 0 Å². The predicted octanol–water partition coefficient (Wildman–Crippen LogP) is 3.97. The Kier molecular flexibility index (Phi) is 7.63. The van der Waals surface area contributed by atoms with Gasteiger partial charge in [0, 0.05) is 12.7 Å². The number of nitriles is 1. The zero-order chi connectivity index (χ0) is 19.6. The molecule has 0 aromatic heterocycles. The molecule has 4 heteroatoms. The minimum atomic E-state index is -0.368. The highest BCUT2D eigenvalue weighted by Crippen LogP contribution is 2.14. The first-order valence-corrected chi connectivity index (χ1v) is 9.32. The van der Waals surface area contributed by atoms with Gasteiger partial charge in [0.15, 0.2) is 0 Å². The number of carbonyl (C=O) groups is 1. The van der Waals surface area contributed by atoms with Crippen molar-refractivity contribution in [3.05, 3.63) is 82.6 Å². The Labute approximate surface area is 161 Å². The molecule has 0 saturated carbocycles. The summed E-state index contributed by atoms with van der Waals surface area (Å²) in [6.45, 7) is 6.74. The van der Waals surface area contributed by atoms with Crippen LogP contribution in [0, 0.1) is 18.3 Å². The van der Waals surface area contributed by atoms with E-state index >= 15 is 0 Å². The van der Waals surface area contributed by atoms with E-state index in [0.29, 0.717) is 6.54 Å². The molecule has 2 N–H and O–H groups in total. The molecule has 27 heavy (non-hydrogen) atoms. The van der Waals surface area contributed by atoms with Gasteiger partial charge in [-0.15, -0.1) is 0 Å². The van der Waals surface area contributed by atoms with E-state index in [2.05, 4.69) is 60.9 Å². The van der Waals surface area contributed by atoms with Crippen LogP contribution in [0.5, 0.6) is 0 Å². The van der Waals surface area contributed by atoms with E-state index in [1.807, 2.05) is 25.1 Å². The van der Waals surface area contributed by atoms with Gasteiger partial charge in [-0.1, -0.05) is 61.0 Å². The summed E-state index contributed by atoms with van der Waals surface area (Å²) in [4.78, 5) is 12.3. The molecule has 2 aromatic rings. The maximum atomic E-state index is 12.3. The van der Waals surface area contributed by atoms with Gasteiger partial charge in [-0.3, -0.25) is 4.79 Å². The molecule has 140 valence electrons. The van der Waals surface area contributed by atoms with Crippen molar-refractivity contribution in [3.8, 4) is 6.07 Å². The number of carbonyl (C=O) groups excluding carboxylic acids is 1. The lowest BCUT2D eigenvalue weighted by Gasteiger charge is -2.14. The van der Waals surface area contributed by atoms with Gasteiger partial charge in [0.05, 0.1) is 6.04 Å². The molecule has 0 radical (unpaired) electrons. The maximum Gasteiger partial charge on any atom is 0.263 e. The van der Waals surface area contributed by atoms with Crippen molar-refractivity contribution in [2.24, 2.45) is 0 Å². The molecular formula is C23H27N3O. The highest BCUT2D eigenvalue weighted by molar-refractivity contribution is 5.97. The van der Waals surface area contributed by atoms with Gasteiger partial charge < -0.3 is 10.6 Å². The monoisotopic (exact) mass is 361 g/mol. The van der Waals surface area contributed by atoms with Crippen LogP contribution < -0.4 is 10.6 Å². The molecule has 0 saturated heterocycles. The Bertz CT molecular complexity index is 814. The zero-order valence-corrected chi connectivity index (χ0v) is 16.3. The molecule has 0 heterocycles. The molecule has 1 unspecified atom stereocenters. The normalized spacial score (nSPS) is 12.1. The van der Waals surface area contributed by atoms with Crippen LogP contribution in [0.1, 0.15) is 42.1 Å². The van der Waals surface area contributed by atoms with Crippen LogP contribution in [0.3, 0.4) is 0 Å². The van der Waals surface area contributed by atoms with Crippen LogP contribution in [0.15, 0.2) is 60.3 Å². The van der Waals surface area contributed by atoms with Gasteiger partial charge in [-0.05, 0) is 43.4 Å². The highest BCUT2D eigenvalue weighted by Gasteiger charge is 2.13. The number of hydrogen-bond donors (Lipinski definition) is 2. The Morgan fingerprint density at radius 3 is 2.33 bits per heavy atom. The lowest BCUT2D eigenvalue weighted by molar-refractivity contribution is -0.117. The summed E-state index contributed by atoms with van der Waals surface area (Å²) < 4.78 is 0. The number of rotatable bonds is 8. The highest BCUT2D eigenvalue weighted by atomic mass is 16.1. The zero-order valence-electron chi connectivity index (χ0n) is 16.3. The summed E-state index contributed by atoms with van der Waals surface area (Å²) in [5.41, 5.74) is 4.80. The third kappa shape index (κ3) is 6.31. The van der Waals surface area contributed by atoms with Crippen LogP contribution in [0.4, 0.5) is 0 Å². The van der Waals surface area contributed by atoms with Crippen LogP contribution in [0.25, 0.3) is 0 Å². The number of hydrogen-bond acceptors (Lipinski definition) is 3. The van der Waals surface area contributed by atoms with E-state index in [9.17, 15) is 10.1 Å². The second kappa shape index (κ2) is 10.2. The van der Waals surface area contributed by atoms with E-state index in [0.717, 1.165) is 18.4 Å². The summed E-state index contributed by atoms with van der Waals surface area (Å²) in [6, 6.07) is 18.3. The Hall–Kier alpha value is -3.06. The Morgan fingerprint density at radius 1 is 1.11 bits per heavy atom. The topological polar surface area (TPSA) is 64.9 Å². The van der Waals surface area contributed by atoms with Crippen molar-refractivity contribution >= 4 is 5.91 Å². The van der Waals surface area contributed by atoms with Crippen LogP contribution in [0.2, 0.25) is 0 Å². The molecule has 0 aliphatic heterocycles. The van der Waals surface area contributed by atoms with Gasteiger partial charge in [0.25, 0.3) is 5.91 Å². The van der Waals surface area contributed by atoms with Crippen molar-refractivity contribution in [3.63, 3.8) is 0 Å². The summed E-state index contributed by atoms with van der Waals surface area (Å²) in [6.07, 6.45) is 3.31. The summed E-state index contributed by atoms with van der Waals surface area (Å²) in [5, 5.41) is 15.2. The molecule has 1 amide bonds. The molecular weight excluding hydrogens is 334 g/mol. The van der Waals surface area contributed by atoms with Gasteiger partial charge in [0.1, 0.15) is 11.6 Å². The number of amides is 1. The van der Waals surface area contributed by atoms with Crippen molar-refractivity contribution in [1.82, 2.24) is 10.6 Å². The first-order valence-electron chi connectivity index (χ1n) is 9.32. The molecule has 0 spiro atoms. The average Bonchev–Trinajstić information content (AvgIpc) is 2.69. The predicted molar refractivity (Wildman–Crippen MR) is 109 cm³/mol. The standard InChI is InChI=1S/C23H27N3O/c1-4-19-9-11-21(12-10-19)18(3)26-23(27)22(15-24)16-25-14-13-20-7-5-17(2)6-8-20/h5-12,16,18,25H,4,13-14H2,1-3H3,(H,26,27)/b22-16-. The van der Waals surface area contributed by atoms with Crippen molar-refractivity contribution in [2.45, 2.75) is 39.7 Å². The second-order valence-electron chi connectivity index (χ2n) is 6.65. The van der Waals surface area contributed by atoms with E-state index < -0.39 is 0 Å². The maximum absolute atomic E-state index is 12.3.